The summed E-state index contributed by atoms with van der Waals surface area (Å²) in [5, 5.41) is 0.234. The molecule has 0 saturated carbocycles. The Morgan fingerprint density at radius 2 is 2.06 bits per heavy atom. The van der Waals surface area contributed by atoms with E-state index < -0.39 is 11.6 Å². The molecule has 0 fully saturated rings. The van der Waals surface area contributed by atoms with Crippen molar-refractivity contribution in [3.63, 3.8) is 0 Å². The molecule has 0 bridgehead atoms. The van der Waals surface area contributed by atoms with Crippen LogP contribution in [0.5, 0.6) is 11.6 Å². The van der Waals surface area contributed by atoms with E-state index >= 15 is 0 Å². The highest BCUT2D eigenvalue weighted by Crippen LogP contribution is 2.27. The van der Waals surface area contributed by atoms with Crippen LogP contribution in [-0.2, 0) is 6.42 Å². The average molecular weight is 271 g/mol. The molecule has 6 heteroatoms. The van der Waals surface area contributed by atoms with E-state index in [1.54, 1.807) is 6.92 Å². The number of hydrogen-bond donors (Lipinski definition) is 0. The van der Waals surface area contributed by atoms with Crippen molar-refractivity contribution in [1.82, 2.24) is 9.97 Å². The van der Waals surface area contributed by atoms with E-state index in [4.69, 9.17) is 16.3 Å². The molecule has 0 radical (unpaired) electrons. The van der Waals surface area contributed by atoms with Crippen LogP contribution in [0.3, 0.4) is 0 Å². The molecule has 0 saturated heterocycles. The molecule has 1 aromatic carbocycles. The zero-order valence-corrected chi connectivity index (χ0v) is 10.2. The van der Waals surface area contributed by atoms with E-state index in [1.165, 1.54) is 18.5 Å². The Kier molecular flexibility index (Phi) is 3.72. The second-order valence-electron chi connectivity index (χ2n) is 3.47. The van der Waals surface area contributed by atoms with Crippen LogP contribution in [0.2, 0.25) is 5.02 Å². The Morgan fingerprint density at radius 3 is 2.72 bits per heavy atom. The van der Waals surface area contributed by atoms with Gasteiger partial charge in [0.1, 0.15) is 6.33 Å². The topological polar surface area (TPSA) is 35.0 Å². The first-order valence-corrected chi connectivity index (χ1v) is 5.62. The van der Waals surface area contributed by atoms with Gasteiger partial charge in [-0.05, 0) is 24.6 Å². The molecule has 0 amide bonds. The highest BCUT2D eigenvalue weighted by molar-refractivity contribution is 6.30. The van der Waals surface area contributed by atoms with Gasteiger partial charge in [0.15, 0.2) is 11.6 Å². The van der Waals surface area contributed by atoms with Gasteiger partial charge in [-0.15, -0.1) is 0 Å². The standard InChI is InChI=1S/C12H9ClF2N2O/c1-2-9-11(15)12(17-6-16-9)18-10-4-3-7(13)5-8(10)14/h3-6H,2H2,1H3. The third-order valence-corrected chi connectivity index (χ3v) is 2.50. The number of nitrogens with zero attached hydrogens (tertiary/aromatic N) is 2. The van der Waals surface area contributed by atoms with E-state index in [1.807, 2.05) is 0 Å². The maximum Gasteiger partial charge on any atom is 0.259 e. The van der Waals surface area contributed by atoms with Gasteiger partial charge in [-0.1, -0.05) is 18.5 Å². The van der Waals surface area contributed by atoms with Crippen LogP contribution in [0, 0.1) is 11.6 Å². The number of aromatic nitrogens is 2. The highest BCUT2D eigenvalue weighted by atomic mass is 35.5. The predicted octanol–water partition coefficient (Wildman–Crippen LogP) is 3.76. The summed E-state index contributed by atoms with van der Waals surface area (Å²) in [6.45, 7) is 1.75. The summed E-state index contributed by atoms with van der Waals surface area (Å²) in [7, 11) is 0. The van der Waals surface area contributed by atoms with E-state index in [0.717, 1.165) is 6.07 Å². The molecule has 2 rings (SSSR count). The van der Waals surface area contributed by atoms with Crippen LogP contribution >= 0.6 is 11.6 Å². The van der Waals surface area contributed by atoms with Crippen molar-refractivity contribution in [2.45, 2.75) is 13.3 Å². The highest BCUT2D eigenvalue weighted by Gasteiger charge is 2.14. The molecule has 1 aromatic heterocycles. The zero-order chi connectivity index (χ0) is 13.1. The van der Waals surface area contributed by atoms with Gasteiger partial charge in [-0.2, -0.15) is 9.37 Å². The minimum absolute atomic E-state index is 0.140. The molecular formula is C12H9ClF2N2O. The summed E-state index contributed by atoms with van der Waals surface area (Å²) < 4.78 is 32.3. The molecule has 18 heavy (non-hydrogen) atoms. The van der Waals surface area contributed by atoms with Gasteiger partial charge in [0.25, 0.3) is 5.88 Å². The minimum Gasteiger partial charge on any atom is -0.433 e. The van der Waals surface area contributed by atoms with Crippen molar-refractivity contribution in [3.05, 3.63) is 46.9 Å². The number of halogens is 3. The summed E-state index contributed by atoms with van der Waals surface area (Å²) >= 11 is 5.60. The van der Waals surface area contributed by atoms with Gasteiger partial charge < -0.3 is 4.74 Å². The minimum atomic E-state index is -0.686. The first-order valence-electron chi connectivity index (χ1n) is 5.24. The maximum atomic E-state index is 13.8. The molecule has 0 aliphatic heterocycles. The summed E-state index contributed by atoms with van der Waals surface area (Å²) in [5.41, 5.74) is 0.217. The SMILES string of the molecule is CCc1ncnc(Oc2ccc(Cl)cc2F)c1F. The third kappa shape index (κ3) is 2.56. The van der Waals surface area contributed by atoms with E-state index in [2.05, 4.69) is 9.97 Å². The quantitative estimate of drug-likeness (QED) is 0.852. The second-order valence-corrected chi connectivity index (χ2v) is 3.91. The first-order chi connectivity index (χ1) is 8.61. The fourth-order valence-corrected chi connectivity index (χ4v) is 1.53. The Labute approximate surface area is 107 Å². The lowest BCUT2D eigenvalue weighted by Gasteiger charge is -2.08. The lowest BCUT2D eigenvalue weighted by atomic mass is 10.3. The molecule has 2 aromatic rings. The molecule has 1 heterocycles. The molecule has 0 aliphatic rings. The zero-order valence-electron chi connectivity index (χ0n) is 9.45. The number of aryl methyl sites for hydroxylation is 1. The van der Waals surface area contributed by atoms with Gasteiger partial charge in [0, 0.05) is 5.02 Å². The molecular weight excluding hydrogens is 262 g/mol. The van der Waals surface area contributed by atoms with Gasteiger partial charge in [-0.25, -0.2) is 9.37 Å². The monoisotopic (exact) mass is 270 g/mol. The third-order valence-electron chi connectivity index (χ3n) is 2.27. The lowest BCUT2D eigenvalue weighted by molar-refractivity contribution is 0.393. The predicted molar refractivity (Wildman–Crippen MR) is 62.9 cm³/mol. The molecule has 0 unspecified atom stereocenters. The number of benzene rings is 1. The fraction of sp³-hybridized carbons (Fsp3) is 0.167. The van der Waals surface area contributed by atoms with E-state index in [9.17, 15) is 8.78 Å². The normalized spacial score (nSPS) is 10.4. The van der Waals surface area contributed by atoms with Gasteiger partial charge >= 0.3 is 0 Å². The van der Waals surface area contributed by atoms with Crippen LogP contribution in [0.1, 0.15) is 12.6 Å². The first kappa shape index (κ1) is 12.7. The summed E-state index contributed by atoms with van der Waals surface area (Å²) in [5.74, 6) is -1.81. The van der Waals surface area contributed by atoms with E-state index in [0.29, 0.717) is 6.42 Å². The van der Waals surface area contributed by atoms with Crippen LogP contribution in [0.4, 0.5) is 8.78 Å². The summed E-state index contributed by atoms with van der Waals surface area (Å²) in [6, 6.07) is 3.83. The van der Waals surface area contributed by atoms with Crippen LogP contribution in [0.25, 0.3) is 0 Å². The second kappa shape index (κ2) is 5.27. The molecule has 0 atom stereocenters. The molecule has 3 nitrogen and oxygen atoms in total. The Morgan fingerprint density at radius 1 is 1.28 bits per heavy atom. The van der Waals surface area contributed by atoms with Crippen LogP contribution in [0.15, 0.2) is 24.5 Å². The van der Waals surface area contributed by atoms with Gasteiger partial charge in [-0.3, -0.25) is 0 Å². The Hall–Kier alpha value is -1.75. The summed E-state index contributed by atoms with van der Waals surface area (Å²) in [4.78, 5) is 7.39. The summed E-state index contributed by atoms with van der Waals surface area (Å²) in [6.07, 6.45) is 1.57. The fourth-order valence-electron chi connectivity index (χ4n) is 1.37. The van der Waals surface area contributed by atoms with Crippen molar-refractivity contribution < 1.29 is 13.5 Å². The van der Waals surface area contributed by atoms with Crippen molar-refractivity contribution in [2.75, 3.05) is 0 Å². The van der Waals surface area contributed by atoms with Crippen molar-refractivity contribution in [3.8, 4) is 11.6 Å². The van der Waals surface area contributed by atoms with Gasteiger partial charge in [0.2, 0.25) is 5.82 Å². The van der Waals surface area contributed by atoms with Crippen molar-refractivity contribution in [2.24, 2.45) is 0 Å². The van der Waals surface area contributed by atoms with E-state index in [-0.39, 0.29) is 22.3 Å². The molecule has 0 spiro atoms. The lowest BCUT2D eigenvalue weighted by Crippen LogP contribution is -2.00. The van der Waals surface area contributed by atoms with Gasteiger partial charge in [0.05, 0.1) is 5.69 Å². The Bertz CT molecular complexity index is 578. The number of hydrogen-bond acceptors (Lipinski definition) is 3. The maximum absolute atomic E-state index is 13.8. The molecule has 0 aliphatic carbocycles. The smallest absolute Gasteiger partial charge is 0.259 e. The Balaban J connectivity index is 2.34. The van der Waals surface area contributed by atoms with Crippen LogP contribution < -0.4 is 4.74 Å². The van der Waals surface area contributed by atoms with Crippen molar-refractivity contribution >= 4 is 11.6 Å². The largest absolute Gasteiger partial charge is 0.433 e. The molecule has 0 N–H and O–H groups in total. The number of rotatable bonds is 3. The van der Waals surface area contributed by atoms with Crippen molar-refractivity contribution in [1.29, 1.82) is 0 Å². The average Bonchev–Trinajstić information content (AvgIpc) is 2.35. The molecule has 94 valence electrons. The van der Waals surface area contributed by atoms with Crippen LogP contribution in [-0.4, -0.2) is 9.97 Å². The number of ether oxygens (including phenoxy) is 1.